The minimum atomic E-state index is -0.831. The molecular formula is C11H8N2O4. The molecule has 0 spiro atoms. The lowest BCUT2D eigenvalue weighted by Crippen LogP contribution is -2.21. The van der Waals surface area contributed by atoms with Crippen molar-refractivity contribution in [1.29, 1.82) is 0 Å². The molecule has 2 amide bonds. The lowest BCUT2D eigenvalue weighted by Gasteiger charge is -2.06. The molecule has 6 nitrogen and oxygen atoms in total. The van der Waals surface area contributed by atoms with Crippen LogP contribution in [0.2, 0.25) is 0 Å². The Kier molecular flexibility index (Phi) is 2.47. The highest BCUT2D eigenvalue weighted by Crippen LogP contribution is 2.30. The Labute approximate surface area is 96.1 Å². The van der Waals surface area contributed by atoms with Crippen LogP contribution in [0.25, 0.3) is 0 Å². The molecule has 0 radical (unpaired) electrons. The molecule has 0 aromatic heterocycles. The first-order valence-corrected chi connectivity index (χ1v) is 4.79. The van der Waals surface area contributed by atoms with Gasteiger partial charge in [-0.05, 0) is 5.56 Å². The third-order valence-electron chi connectivity index (χ3n) is 2.55. The van der Waals surface area contributed by atoms with E-state index in [1.54, 1.807) is 6.07 Å². The van der Waals surface area contributed by atoms with Gasteiger partial charge >= 0.3 is 0 Å². The monoisotopic (exact) mass is 232 g/mol. The number of nitro groups is 1. The van der Waals surface area contributed by atoms with Crippen molar-refractivity contribution in [3.8, 4) is 0 Å². The molecule has 0 bridgehead atoms. The number of nitro benzene ring substituents is 1. The normalized spacial score (nSPS) is 19.3. The molecule has 1 unspecified atom stereocenters. The Hall–Kier alpha value is -2.50. The lowest BCUT2D eigenvalue weighted by molar-refractivity contribution is -0.384. The van der Waals surface area contributed by atoms with Crippen molar-refractivity contribution in [3.05, 3.63) is 52.1 Å². The molecule has 1 fully saturated rings. The molecule has 1 heterocycles. The van der Waals surface area contributed by atoms with Crippen LogP contribution in [-0.4, -0.2) is 16.7 Å². The number of hydrogen-bond acceptors (Lipinski definition) is 4. The smallest absolute Gasteiger partial charge is 0.269 e. The van der Waals surface area contributed by atoms with Crippen LogP contribution in [0.4, 0.5) is 5.69 Å². The second-order valence-corrected chi connectivity index (χ2v) is 3.63. The number of nitrogens with zero attached hydrogens (tertiary/aromatic N) is 1. The summed E-state index contributed by atoms with van der Waals surface area (Å²) in [5.74, 6) is -1.87. The summed E-state index contributed by atoms with van der Waals surface area (Å²) < 4.78 is 0. The summed E-state index contributed by atoms with van der Waals surface area (Å²) in [5, 5.41) is 12.7. The maximum Gasteiger partial charge on any atom is 0.269 e. The van der Waals surface area contributed by atoms with Crippen LogP contribution >= 0.6 is 0 Å². The van der Waals surface area contributed by atoms with Gasteiger partial charge < -0.3 is 0 Å². The maximum absolute atomic E-state index is 11.5. The Morgan fingerprint density at radius 3 is 2.59 bits per heavy atom. The van der Waals surface area contributed by atoms with E-state index in [0.717, 1.165) is 0 Å². The summed E-state index contributed by atoms with van der Waals surface area (Å²) >= 11 is 0. The fourth-order valence-corrected chi connectivity index (χ4v) is 1.72. The van der Waals surface area contributed by atoms with Crippen LogP contribution in [0.15, 0.2) is 36.4 Å². The first-order valence-electron chi connectivity index (χ1n) is 4.79. The Bertz CT molecular complexity index is 550. The molecule has 0 saturated carbocycles. The summed E-state index contributed by atoms with van der Waals surface area (Å²) in [6, 6.07) is 5.62. The SMILES string of the molecule is C=C1C(=O)NC(=O)C1c1cccc([N+](=O)[O-])c1. The van der Waals surface area contributed by atoms with E-state index in [4.69, 9.17) is 0 Å². The van der Waals surface area contributed by atoms with E-state index in [2.05, 4.69) is 11.9 Å². The summed E-state index contributed by atoms with van der Waals surface area (Å²) in [4.78, 5) is 32.8. The maximum atomic E-state index is 11.5. The second-order valence-electron chi connectivity index (χ2n) is 3.63. The lowest BCUT2D eigenvalue weighted by atomic mass is 9.94. The number of amides is 2. The molecule has 2 rings (SSSR count). The zero-order valence-corrected chi connectivity index (χ0v) is 8.67. The molecule has 1 N–H and O–H groups in total. The predicted molar refractivity (Wildman–Crippen MR) is 58.1 cm³/mol. The molecule has 86 valence electrons. The average Bonchev–Trinajstić information content (AvgIpc) is 2.53. The average molecular weight is 232 g/mol. The quantitative estimate of drug-likeness (QED) is 0.355. The van der Waals surface area contributed by atoms with E-state index < -0.39 is 22.7 Å². The molecule has 1 saturated heterocycles. The number of carbonyl (C=O) groups excluding carboxylic acids is 2. The van der Waals surface area contributed by atoms with Crippen molar-refractivity contribution in [2.45, 2.75) is 5.92 Å². The summed E-state index contributed by atoms with van der Waals surface area (Å²) in [6.07, 6.45) is 0. The Morgan fingerprint density at radius 1 is 1.35 bits per heavy atom. The predicted octanol–water partition coefficient (Wildman–Crippen LogP) is 0.891. The molecule has 1 atom stereocenters. The summed E-state index contributed by atoms with van der Waals surface area (Å²) in [5.41, 5.74) is 0.380. The molecule has 0 aliphatic carbocycles. The zero-order valence-electron chi connectivity index (χ0n) is 8.67. The molecule has 6 heteroatoms. The van der Waals surface area contributed by atoms with Gasteiger partial charge in [0.05, 0.1) is 10.8 Å². The number of benzene rings is 1. The van der Waals surface area contributed by atoms with Crippen molar-refractivity contribution in [2.24, 2.45) is 0 Å². The number of rotatable bonds is 2. The van der Waals surface area contributed by atoms with E-state index in [-0.39, 0.29) is 11.3 Å². The van der Waals surface area contributed by atoms with Crippen LogP contribution in [-0.2, 0) is 9.59 Å². The second kappa shape index (κ2) is 3.82. The zero-order chi connectivity index (χ0) is 12.6. The summed E-state index contributed by atoms with van der Waals surface area (Å²) in [7, 11) is 0. The minimum Gasteiger partial charge on any atom is -0.292 e. The van der Waals surface area contributed by atoms with Crippen LogP contribution in [0.3, 0.4) is 0 Å². The summed E-state index contributed by atoms with van der Waals surface area (Å²) in [6.45, 7) is 3.52. The molecule has 17 heavy (non-hydrogen) atoms. The van der Waals surface area contributed by atoms with Gasteiger partial charge in [-0.15, -0.1) is 0 Å². The van der Waals surface area contributed by atoms with Crippen LogP contribution in [0.1, 0.15) is 11.5 Å². The third-order valence-corrected chi connectivity index (χ3v) is 2.55. The first-order chi connectivity index (χ1) is 8.00. The highest BCUT2D eigenvalue weighted by Gasteiger charge is 2.36. The number of non-ortho nitro benzene ring substituents is 1. The minimum absolute atomic E-state index is 0.107. The highest BCUT2D eigenvalue weighted by atomic mass is 16.6. The highest BCUT2D eigenvalue weighted by molar-refractivity contribution is 6.17. The standard InChI is InChI=1S/C11H8N2O4/c1-6-9(11(15)12-10(6)14)7-3-2-4-8(5-7)13(16)17/h2-5,9H,1H2,(H,12,14,15). The molecule has 1 aromatic carbocycles. The van der Waals surface area contributed by atoms with Gasteiger partial charge in [-0.3, -0.25) is 25.0 Å². The van der Waals surface area contributed by atoms with Crippen molar-refractivity contribution < 1.29 is 14.5 Å². The van der Waals surface area contributed by atoms with Gasteiger partial charge in [0.1, 0.15) is 0 Å². The molecule has 1 aliphatic heterocycles. The number of carbonyl (C=O) groups is 2. The van der Waals surface area contributed by atoms with Crippen LogP contribution in [0.5, 0.6) is 0 Å². The number of imide groups is 1. The van der Waals surface area contributed by atoms with Crippen molar-refractivity contribution >= 4 is 17.5 Å². The first kappa shape index (κ1) is 11.0. The van der Waals surface area contributed by atoms with Crippen LogP contribution < -0.4 is 5.32 Å². The van der Waals surface area contributed by atoms with E-state index in [1.165, 1.54) is 18.2 Å². The molecule has 1 aliphatic rings. The Balaban J connectivity index is 2.44. The molecule has 1 aromatic rings. The van der Waals surface area contributed by atoms with Gasteiger partial charge in [0.25, 0.3) is 11.6 Å². The number of hydrogen-bond donors (Lipinski definition) is 1. The van der Waals surface area contributed by atoms with E-state index in [9.17, 15) is 19.7 Å². The van der Waals surface area contributed by atoms with E-state index in [1.807, 2.05) is 0 Å². The van der Waals surface area contributed by atoms with Gasteiger partial charge in [-0.2, -0.15) is 0 Å². The van der Waals surface area contributed by atoms with Gasteiger partial charge in [0.2, 0.25) is 5.91 Å². The van der Waals surface area contributed by atoms with Crippen LogP contribution in [0, 0.1) is 10.1 Å². The topological polar surface area (TPSA) is 89.3 Å². The van der Waals surface area contributed by atoms with Crippen molar-refractivity contribution in [2.75, 3.05) is 0 Å². The number of nitrogens with one attached hydrogen (secondary N) is 1. The molecular weight excluding hydrogens is 224 g/mol. The van der Waals surface area contributed by atoms with Gasteiger partial charge in [0.15, 0.2) is 0 Å². The van der Waals surface area contributed by atoms with Gasteiger partial charge in [-0.25, -0.2) is 0 Å². The van der Waals surface area contributed by atoms with Crippen molar-refractivity contribution in [3.63, 3.8) is 0 Å². The van der Waals surface area contributed by atoms with Crippen molar-refractivity contribution in [1.82, 2.24) is 5.32 Å². The van der Waals surface area contributed by atoms with E-state index >= 15 is 0 Å². The third kappa shape index (κ3) is 1.80. The fourth-order valence-electron chi connectivity index (χ4n) is 1.72. The largest absolute Gasteiger partial charge is 0.292 e. The van der Waals surface area contributed by atoms with Gasteiger partial charge in [0, 0.05) is 17.7 Å². The Morgan fingerprint density at radius 2 is 2.06 bits per heavy atom. The van der Waals surface area contributed by atoms with Gasteiger partial charge in [-0.1, -0.05) is 18.7 Å². The van der Waals surface area contributed by atoms with E-state index in [0.29, 0.717) is 5.56 Å². The fraction of sp³-hybridized carbons (Fsp3) is 0.0909.